The van der Waals surface area contributed by atoms with Gasteiger partial charge < -0.3 is 28.9 Å². The first-order valence-corrected chi connectivity index (χ1v) is 41.1. The molecule has 2 aromatic heterocycles. The van der Waals surface area contributed by atoms with E-state index in [1.807, 2.05) is 97.1 Å². The van der Waals surface area contributed by atoms with E-state index in [4.69, 9.17) is 44.1 Å². The standard InChI is InChI=1S/C110H67N9O3/c1-4-27-68(28-5-1)103-111-105(70-51-57-77(58-52-70)118-93-44-19-17-42-91(93)117(76-32-8-3-9-33-76)92-43-18-20-45-94(92)118)115-107(113-103)74-55-61-89-101(66-74)120-97-48-23-16-41-87(97)110(89)85-40-15-12-37-81(85)82-64-71(53-59-86(82)110)72-54-60-88-100(65-72)122-102-67-75(56-62-90(102)109(88)83-38-13-10-35-79(83)80-36-11-14-39-84(80)109)108-114-104(69-29-6-2-7-30-69)112-106(116-108)73-31-26-34-78(63-73)119-95-46-21-24-49-98(95)121-99-50-25-22-47-96(99)119/h1-67H. The first-order valence-electron chi connectivity index (χ1n) is 41.1. The van der Waals surface area contributed by atoms with Gasteiger partial charge in [-0.25, -0.2) is 29.9 Å². The van der Waals surface area contributed by atoms with Gasteiger partial charge in [0.2, 0.25) is 0 Å². The molecule has 1 atom stereocenters. The maximum absolute atomic E-state index is 7.55. The molecule has 0 amide bonds. The molecular weight excluding hydrogens is 1500 g/mol. The highest BCUT2D eigenvalue weighted by molar-refractivity contribution is 6.02. The van der Waals surface area contributed by atoms with Gasteiger partial charge in [-0.3, -0.25) is 0 Å². The number of rotatable bonds is 10. The van der Waals surface area contributed by atoms with Crippen LogP contribution in [0.3, 0.4) is 0 Å². The lowest BCUT2D eigenvalue weighted by molar-refractivity contribution is 0.436. The molecule has 122 heavy (non-hydrogen) atoms. The van der Waals surface area contributed by atoms with E-state index in [0.717, 1.165) is 158 Å². The second kappa shape index (κ2) is 27.1. The van der Waals surface area contributed by atoms with Gasteiger partial charge in [-0.05, 0) is 183 Å². The molecule has 6 aliphatic rings. The summed E-state index contributed by atoms with van der Waals surface area (Å²) >= 11 is 0. The highest BCUT2D eigenvalue weighted by Gasteiger charge is 2.53. The molecule has 0 N–H and O–H groups in total. The van der Waals surface area contributed by atoms with Crippen molar-refractivity contribution in [1.29, 1.82) is 0 Å². The Kier molecular flexibility index (Phi) is 15.3. The van der Waals surface area contributed by atoms with Crippen LogP contribution >= 0.6 is 0 Å². The van der Waals surface area contributed by atoms with Crippen molar-refractivity contribution in [2.24, 2.45) is 0 Å². The minimum Gasteiger partial charge on any atom is -0.457 e. The lowest BCUT2D eigenvalue weighted by atomic mass is 9.65. The first-order chi connectivity index (χ1) is 60.4. The van der Waals surface area contributed by atoms with Crippen LogP contribution in [0.4, 0.5) is 51.2 Å². The number of para-hydroxylation sites is 10. The Morgan fingerprint density at radius 1 is 0.164 bits per heavy atom. The lowest BCUT2D eigenvalue weighted by Gasteiger charge is -2.40. The summed E-state index contributed by atoms with van der Waals surface area (Å²) in [7, 11) is 0. The van der Waals surface area contributed by atoms with Crippen molar-refractivity contribution in [3.05, 3.63) is 451 Å². The zero-order valence-electron chi connectivity index (χ0n) is 65.4. The maximum atomic E-state index is 7.55. The number of anilines is 9. The van der Waals surface area contributed by atoms with Crippen molar-refractivity contribution in [3.8, 4) is 136 Å². The third-order valence-corrected chi connectivity index (χ3v) is 25.0. The molecule has 19 aromatic rings. The zero-order valence-corrected chi connectivity index (χ0v) is 65.4. The summed E-state index contributed by atoms with van der Waals surface area (Å²) in [5.41, 5.74) is 28.2. The Morgan fingerprint density at radius 2 is 0.443 bits per heavy atom. The fraction of sp³-hybridized carbons (Fsp3) is 0.0182. The predicted molar refractivity (Wildman–Crippen MR) is 484 cm³/mol. The molecule has 570 valence electrons. The summed E-state index contributed by atoms with van der Waals surface area (Å²) in [5.74, 6) is 7.73. The topological polar surface area (TPSA) is 115 Å². The number of fused-ring (bicyclic) bond motifs is 22. The average molecular weight is 1560 g/mol. The van der Waals surface area contributed by atoms with Crippen LogP contribution in [0, 0.1) is 0 Å². The highest BCUT2D eigenvalue weighted by atomic mass is 16.5. The first kappa shape index (κ1) is 68.8. The summed E-state index contributed by atoms with van der Waals surface area (Å²) < 4.78 is 21.2. The van der Waals surface area contributed by atoms with Crippen molar-refractivity contribution in [1.82, 2.24) is 29.9 Å². The SMILES string of the molecule is c1ccc(-c2nc(-c3cccc(N4c5ccccc5Oc5ccccc54)c3)nc(-c3ccc4c(c3)Oc3cc(-c5ccc6c(c5)-c5ccccc5C65c6ccccc6Oc6cc(-c7nc(-c8ccccc8)nc(-c8ccc(N9c%10ccccc%10N(c%10ccccc%10)c%10ccccc%109)cc8)n7)ccc65)ccc3C43c4ccccc4-c4ccccc43)n2)cc1. The van der Waals surface area contributed by atoms with Crippen molar-refractivity contribution in [2.45, 2.75) is 10.8 Å². The molecule has 12 heteroatoms. The quantitative estimate of drug-likeness (QED) is 0.130. The second-order valence-corrected chi connectivity index (χ2v) is 31.5. The zero-order chi connectivity index (χ0) is 80.1. The summed E-state index contributed by atoms with van der Waals surface area (Å²) in [4.78, 5) is 38.8. The number of aromatic nitrogens is 6. The van der Waals surface area contributed by atoms with Crippen LogP contribution in [-0.4, -0.2) is 29.9 Å². The molecule has 0 fully saturated rings. The van der Waals surface area contributed by atoms with Gasteiger partial charge in [0.1, 0.15) is 23.0 Å². The lowest BCUT2D eigenvalue weighted by Crippen LogP contribution is -2.32. The Bertz CT molecular complexity index is 7410. The van der Waals surface area contributed by atoms with E-state index < -0.39 is 10.8 Å². The van der Waals surface area contributed by atoms with E-state index in [0.29, 0.717) is 46.4 Å². The largest absolute Gasteiger partial charge is 0.457 e. The molecule has 0 saturated heterocycles. The third-order valence-electron chi connectivity index (χ3n) is 25.0. The van der Waals surface area contributed by atoms with Crippen LogP contribution in [-0.2, 0) is 10.8 Å². The number of hydrogen-bond acceptors (Lipinski definition) is 12. The number of ether oxygens (including phenoxy) is 3. The Morgan fingerprint density at radius 3 is 0.926 bits per heavy atom. The van der Waals surface area contributed by atoms with Crippen molar-refractivity contribution < 1.29 is 14.2 Å². The van der Waals surface area contributed by atoms with Crippen LogP contribution in [0.1, 0.15) is 44.5 Å². The third kappa shape index (κ3) is 10.4. The molecular formula is C110H67N9O3. The molecule has 1 unspecified atom stereocenters. The van der Waals surface area contributed by atoms with Gasteiger partial charge in [0.15, 0.2) is 46.4 Å². The van der Waals surface area contributed by atoms with Crippen LogP contribution < -0.4 is 28.9 Å². The van der Waals surface area contributed by atoms with Crippen molar-refractivity contribution in [2.75, 3.05) is 14.7 Å². The van der Waals surface area contributed by atoms with Gasteiger partial charge in [0.05, 0.1) is 45.0 Å². The molecule has 17 aromatic carbocycles. The van der Waals surface area contributed by atoms with E-state index in [1.165, 1.54) is 27.8 Å². The molecule has 0 saturated carbocycles. The van der Waals surface area contributed by atoms with E-state index in [2.05, 4.69) is 324 Å². The number of hydrogen-bond donors (Lipinski definition) is 0. The van der Waals surface area contributed by atoms with Crippen molar-refractivity contribution >= 4 is 51.2 Å². The van der Waals surface area contributed by atoms with Crippen molar-refractivity contribution in [3.63, 3.8) is 0 Å². The van der Waals surface area contributed by atoms with Crippen LogP contribution in [0.2, 0.25) is 0 Å². The summed E-state index contributed by atoms with van der Waals surface area (Å²) in [6, 6.07) is 143. The smallest absolute Gasteiger partial charge is 0.164 e. The predicted octanol–water partition coefficient (Wildman–Crippen LogP) is 27.5. The monoisotopic (exact) mass is 1560 g/mol. The second-order valence-electron chi connectivity index (χ2n) is 31.5. The van der Waals surface area contributed by atoms with Crippen LogP contribution in [0.25, 0.3) is 102 Å². The molecule has 4 aliphatic heterocycles. The molecule has 2 aliphatic carbocycles. The summed E-state index contributed by atoms with van der Waals surface area (Å²) in [6.07, 6.45) is 0. The molecule has 0 radical (unpaired) electrons. The van der Waals surface area contributed by atoms with E-state index in [-0.39, 0.29) is 0 Å². The Labute approximate surface area is 703 Å². The molecule has 12 nitrogen and oxygen atoms in total. The number of nitrogens with zero attached hydrogens (tertiary/aromatic N) is 9. The van der Waals surface area contributed by atoms with Gasteiger partial charge in [-0.2, -0.15) is 0 Å². The molecule has 25 rings (SSSR count). The highest BCUT2D eigenvalue weighted by Crippen LogP contribution is 2.66. The minimum absolute atomic E-state index is 0.511. The van der Waals surface area contributed by atoms with E-state index in [1.54, 1.807) is 0 Å². The van der Waals surface area contributed by atoms with E-state index >= 15 is 0 Å². The number of benzene rings is 17. The Hall–Kier alpha value is -16.4. The van der Waals surface area contributed by atoms with Gasteiger partial charge >= 0.3 is 0 Å². The van der Waals surface area contributed by atoms with Gasteiger partial charge in [0.25, 0.3) is 0 Å². The van der Waals surface area contributed by atoms with Gasteiger partial charge in [-0.1, -0.05) is 279 Å². The Balaban J connectivity index is 0.593. The summed E-state index contributed by atoms with van der Waals surface area (Å²) in [5, 5.41) is 0. The minimum atomic E-state index is -0.784. The van der Waals surface area contributed by atoms with Gasteiger partial charge in [0, 0.05) is 72.7 Å². The molecule has 2 spiro atoms. The van der Waals surface area contributed by atoms with E-state index in [9.17, 15) is 0 Å². The van der Waals surface area contributed by atoms with Crippen LogP contribution in [0.5, 0.6) is 34.5 Å². The fourth-order valence-electron chi connectivity index (χ4n) is 19.8. The average Bonchev–Trinajstić information content (AvgIpc) is 1.51. The van der Waals surface area contributed by atoms with Crippen LogP contribution in [0.15, 0.2) is 406 Å². The maximum Gasteiger partial charge on any atom is 0.164 e. The fourth-order valence-corrected chi connectivity index (χ4v) is 19.8. The van der Waals surface area contributed by atoms with Gasteiger partial charge in [-0.15, -0.1) is 0 Å². The molecule has 0 bridgehead atoms. The normalized spacial score (nSPS) is 14.5. The summed E-state index contributed by atoms with van der Waals surface area (Å²) in [6.45, 7) is 0. The molecule has 6 heterocycles.